The Morgan fingerprint density at radius 3 is 2.64 bits per heavy atom. The predicted molar refractivity (Wildman–Crippen MR) is 99.4 cm³/mol. The summed E-state index contributed by atoms with van der Waals surface area (Å²) in [4.78, 5) is 21.1. The minimum atomic E-state index is -0.399. The van der Waals surface area contributed by atoms with Crippen LogP contribution in [0.25, 0.3) is 11.0 Å². The lowest BCUT2D eigenvalue weighted by molar-refractivity contribution is 0.0527. The fourth-order valence-electron chi connectivity index (χ4n) is 2.63. The molecule has 2 aromatic heterocycles. The number of nitrogens with one attached hydrogen (secondary N) is 1. The van der Waals surface area contributed by atoms with E-state index < -0.39 is 5.97 Å². The van der Waals surface area contributed by atoms with E-state index in [0.29, 0.717) is 23.5 Å². The van der Waals surface area contributed by atoms with Crippen molar-refractivity contribution in [1.82, 2.24) is 9.97 Å². The number of anilines is 2. The molecular formula is C20H21N3O2. The standard InChI is InChI=1S/C20H21N3O2/c1-5-25-20(24)17-11-21-19-16(9-7-14(4)22-19)18(17)23-15-8-6-12(2)13(3)10-15/h6-11H,5H2,1-4H3,(H,21,22,23). The zero-order chi connectivity index (χ0) is 18.0. The highest BCUT2D eigenvalue weighted by molar-refractivity contribution is 6.05. The first-order valence-electron chi connectivity index (χ1n) is 8.27. The Hall–Kier alpha value is -2.95. The molecule has 0 bridgehead atoms. The number of carbonyl (C=O) groups is 1. The predicted octanol–water partition coefficient (Wildman–Crippen LogP) is 4.48. The molecule has 0 fully saturated rings. The van der Waals surface area contributed by atoms with Gasteiger partial charge in [0.25, 0.3) is 0 Å². The average Bonchev–Trinajstić information content (AvgIpc) is 2.58. The topological polar surface area (TPSA) is 64.1 Å². The Morgan fingerprint density at radius 2 is 1.92 bits per heavy atom. The number of hydrogen-bond acceptors (Lipinski definition) is 5. The van der Waals surface area contributed by atoms with Gasteiger partial charge in [-0.1, -0.05) is 6.07 Å². The summed E-state index contributed by atoms with van der Waals surface area (Å²) in [6, 6.07) is 9.93. The minimum absolute atomic E-state index is 0.312. The second kappa shape index (κ2) is 6.89. The van der Waals surface area contributed by atoms with E-state index in [1.807, 2.05) is 31.2 Å². The molecule has 5 heteroatoms. The molecular weight excluding hydrogens is 314 g/mol. The van der Waals surface area contributed by atoms with E-state index in [-0.39, 0.29) is 0 Å². The van der Waals surface area contributed by atoms with E-state index in [2.05, 4.69) is 35.2 Å². The van der Waals surface area contributed by atoms with Crippen LogP contribution in [0.3, 0.4) is 0 Å². The van der Waals surface area contributed by atoms with Crippen molar-refractivity contribution in [1.29, 1.82) is 0 Å². The van der Waals surface area contributed by atoms with Gasteiger partial charge in [0.05, 0.1) is 12.3 Å². The van der Waals surface area contributed by atoms with E-state index in [1.165, 1.54) is 17.3 Å². The first-order chi connectivity index (χ1) is 12.0. The highest BCUT2D eigenvalue weighted by Gasteiger charge is 2.17. The summed E-state index contributed by atoms with van der Waals surface area (Å²) in [5, 5.41) is 4.15. The number of benzene rings is 1. The molecule has 0 spiro atoms. The van der Waals surface area contributed by atoms with Crippen molar-refractivity contribution in [2.24, 2.45) is 0 Å². The van der Waals surface area contributed by atoms with Gasteiger partial charge in [-0.05, 0) is 63.1 Å². The molecule has 2 heterocycles. The molecule has 5 nitrogen and oxygen atoms in total. The number of hydrogen-bond donors (Lipinski definition) is 1. The van der Waals surface area contributed by atoms with E-state index in [4.69, 9.17) is 4.74 Å². The molecule has 0 aliphatic carbocycles. The van der Waals surface area contributed by atoms with E-state index in [9.17, 15) is 4.79 Å². The van der Waals surface area contributed by atoms with Crippen LogP contribution in [0.5, 0.6) is 0 Å². The summed E-state index contributed by atoms with van der Waals surface area (Å²) in [5.41, 5.74) is 5.84. The smallest absolute Gasteiger partial charge is 0.341 e. The van der Waals surface area contributed by atoms with Crippen LogP contribution in [-0.2, 0) is 4.74 Å². The van der Waals surface area contributed by atoms with Crippen molar-refractivity contribution in [3.8, 4) is 0 Å². The lowest BCUT2D eigenvalue weighted by atomic mass is 10.1. The van der Waals surface area contributed by atoms with Crippen LogP contribution < -0.4 is 5.32 Å². The third-order valence-corrected chi connectivity index (χ3v) is 4.14. The van der Waals surface area contributed by atoms with Gasteiger partial charge in [-0.25, -0.2) is 14.8 Å². The van der Waals surface area contributed by atoms with Gasteiger partial charge >= 0.3 is 5.97 Å². The Morgan fingerprint density at radius 1 is 1.12 bits per heavy atom. The molecule has 0 saturated carbocycles. The first kappa shape index (κ1) is 16.9. The number of pyridine rings is 2. The van der Waals surface area contributed by atoms with Crippen molar-refractivity contribution in [3.05, 3.63) is 58.9 Å². The Balaban J connectivity index is 2.15. The van der Waals surface area contributed by atoms with Crippen molar-refractivity contribution in [2.45, 2.75) is 27.7 Å². The summed E-state index contributed by atoms with van der Waals surface area (Å²) >= 11 is 0. The molecule has 3 aromatic rings. The van der Waals surface area contributed by atoms with Crippen LogP contribution in [0.1, 0.15) is 34.1 Å². The average molecular weight is 335 g/mol. The van der Waals surface area contributed by atoms with Crippen molar-refractivity contribution in [3.63, 3.8) is 0 Å². The molecule has 0 unspecified atom stereocenters. The highest BCUT2D eigenvalue weighted by Crippen LogP contribution is 2.30. The summed E-state index contributed by atoms with van der Waals surface area (Å²) in [6.45, 7) is 8.14. The molecule has 0 atom stereocenters. The number of aromatic nitrogens is 2. The fourth-order valence-corrected chi connectivity index (χ4v) is 2.63. The molecule has 3 rings (SSSR count). The number of ether oxygens (including phenoxy) is 1. The molecule has 0 amide bonds. The number of carbonyl (C=O) groups excluding carboxylic acids is 1. The molecule has 128 valence electrons. The van der Waals surface area contributed by atoms with Crippen LogP contribution in [0.15, 0.2) is 36.5 Å². The van der Waals surface area contributed by atoms with Crippen molar-refractivity contribution < 1.29 is 9.53 Å². The van der Waals surface area contributed by atoms with Gasteiger partial charge in [-0.3, -0.25) is 0 Å². The van der Waals surface area contributed by atoms with Crippen LogP contribution in [0.4, 0.5) is 11.4 Å². The van der Waals surface area contributed by atoms with Crippen molar-refractivity contribution >= 4 is 28.4 Å². The van der Waals surface area contributed by atoms with Crippen molar-refractivity contribution in [2.75, 3.05) is 11.9 Å². The maximum absolute atomic E-state index is 12.4. The molecule has 0 aliphatic heterocycles. The fraction of sp³-hybridized carbons (Fsp3) is 0.250. The number of esters is 1. The van der Waals surface area contributed by atoms with Gasteiger partial charge in [0.2, 0.25) is 0 Å². The molecule has 1 aromatic carbocycles. The molecule has 0 aliphatic rings. The van der Waals surface area contributed by atoms with Gasteiger partial charge in [-0.15, -0.1) is 0 Å². The number of fused-ring (bicyclic) bond motifs is 1. The summed E-state index contributed by atoms with van der Waals surface area (Å²) < 4.78 is 5.18. The lowest BCUT2D eigenvalue weighted by Crippen LogP contribution is -2.09. The van der Waals surface area contributed by atoms with Gasteiger partial charge in [-0.2, -0.15) is 0 Å². The zero-order valence-corrected chi connectivity index (χ0v) is 14.9. The summed E-state index contributed by atoms with van der Waals surface area (Å²) in [6.07, 6.45) is 1.52. The maximum Gasteiger partial charge on any atom is 0.341 e. The van der Waals surface area contributed by atoms with Gasteiger partial charge in [0.15, 0.2) is 5.65 Å². The Labute approximate surface area is 147 Å². The second-order valence-electron chi connectivity index (χ2n) is 6.02. The SMILES string of the molecule is CCOC(=O)c1cnc2nc(C)ccc2c1Nc1ccc(C)c(C)c1. The van der Waals surface area contributed by atoms with Gasteiger partial charge in [0, 0.05) is 23.0 Å². The highest BCUT2D eigenvalue weighted by atomic mass is 16.5. The molecule has 25 heavy (non-hydrogen) atoms. The zero-order valence-electron chi connectivity index (χ0n) is 14.9. The third kappa shape index (κ3) is 3.45. The van der Waals surface area contributed by atoms with E-state index >= 15 is 0 Å². The van der Waals surface area contributed by atoms with Crippen LogP contribution >= 0.6 is 0 Å². The first-order valence-corrected chi connectivity index (χ1v) is 8.27. The second-order valence-corrected chi connectivity index (χ2v) is 6.02. The summed E-state index contributed by atoms with van der Waals surface area (Å²) in [5.74, 6) is -0.399. The maximum atomic E-state index is 12.4. The number of nitrogens with zero attached hydrogens (tertiary/aromatic N) is 2. The Bertz CT molecular complexity index is 951. The van der Waals surface area contributed by atoms with E-state index in [1.54, 1.807) is 6.92 Å². The normalized spacial score (nSPS) is 10.7. The molecule has 0 saturated heterocycles. The van der Waals surface area contributed by atoms with Crippen LogP contribution in [0.2, 0.25) is 0 Å². The monoisotopic (exact) mass is 335 g/mol. The summed E-state index contributed by atoms with van der Waals surface area (Å²) in [7, 11) is 0. The number of rotatable bonds is 4. The molecule has 0 radical (unpaired) electrons. The molecule has 1 N–H and O–H groups in total. The van der Waals surface area contributed by atoms with Gasteiger partial charge < -0.3 is 10.1 Å². The third-order valence-electron chi connectivity index (χ3n) is 4.14. The van der Waals surface area contributed by atoms with E-state index in [0.717, 1.165) is 16.8 Å². The minimum Gasteiger partial charge on any atom is -0.462 e. The quantitative estimate of drug-likeness (QED) is 0.712. The number of aryl methyl sites for hydroxylation is 3. The van der Waals surface area contributed by atoms with Crippen LogP contribution in [0, 0.1) is 20.8 Å². The largest absolute Gasteiger partial charge is 0.462 e. The van der Waals surface area contributed by atoms with Gasteiger partial charge in [0.1, 0.15) is 5.56 Å². The van der Waals surface area contributed by atoms with Crippen LogP contribution in [-0.4, -0.2) is 22.5 Å². The Kier molecular flexibility index (Phi) is 4.65. The lowest BCUT2D eigenvalue weighted by Gasteiger charge is -2.15.